The van der Waals surface area contributed by atoms with Crippen LogP contribution in [0.25, 0.3) is 11.7 Å². The third kappa shape index (κ3) is 2.94. The summed E-state index contributed by atoms with van der Waals surface area (Å²) in [5, 5.41) is 11.4. The minimum absolute atomic E-state index is 0.425. The maximum absolute atomic E-state index is 5.68. The number of rotatable bonds is 6. The molecule has 6 nitrogen and oxygen atoms in total. The SMILES string of the molecule is CCCN(Cc1nnc(-c2ccc(Br)o2)o1)C1CNC1. The van der Waals surface area contributed by atoms with E-state index < -0.39 is 0 Å². The number of nitrogens with zero attached hydrogens (tertiary/aromatic N) is 3. The van der Waals surface area contributed by atoms with E-state index in [1.54, 1.807) is 6.07 Å². The van der Waals surface area contributed by atoms with Crippen molar-refractivity contribution in [2.24, 2.45) is 0 Å². The molecule has 0 amide bonds. The molecule has 1 N–H and O–H groups in total. The van der Waals surface area contributed by atoms with Crippen molar-refractivity contribution in [3.05, 3.63) is 22.7 Å². The topological polar surface area (TPSA) is 67.3 Å². The van der Waals surface area contributed by atoms with E-state index in [0.29, 0.717) is 34.8 Å². The minimum atomic E-state index is 0.425. The monoisotopic (exact) mass is 340 g/mol. The van der Waals surface area contributed by atoms with Crippen LogP contribution in [0, 0.1) is 0 Å². The van der Waals surface area contributed by atoms with Gasteiger partial charge in [0, 0.05) is 19.1 Å². The van der Waals surface area contributed by atoms with Gasteiger partial charge in [0.1, 0.15) is 0 Å². The first-order chi connectivity index (χ1) is 9.76. The Labute approximate surface area is 125 Å². The summed E-state index contributed by atoms with van der Waals surface area (Å²) in [5.74, 6) is 1.64. The van der Waals surface area contributed by atoms with Crippen LogP contribution in [0.15, 0.2) is 25.6 Å². The molecule has 3 rings (SSSR count). The van der Waals surface area contributed by atoms with Gasteiger partial charge in [-0.15, -0.1) is 10.2 Å². The van der Waals surface area contributed by atoms with E-state index in [-0.39, 0.29) is 0 Å². The summed E-state index contributed by atoms with van der Waals surface area (Å²) in [6.45, 7) is 5.97. The van der Waals surface area contributed by atoms with Gasteiger partial charge in [-0.1, -0.05) is 6.92 Å². The summed E-state index contributed by atoms with van der Waals surface area (Å²) < 4.78 is 11.7. The third-order valence-electron chi connectivity index (χ3n) is 3.38. The van der Waals surface area contributed by atoms with Gasteiger partial charge < -0.3 is 14.2 Å². The smallest absolute Gasteiger partial charge is 0.283 e. The zero-order chi connectivity index (χ0) is 13.9. The molecule has 2 aromatic heterocycles. The molecule has 1 aliphatic heterocycles. The van der Waals surface area contributed by atoms with Crippen molar-refractivity contribution in [3.8, 4) is 11.7 Å². The predicted molar refractivity (Wildman–Crippen MR) is 77.1 cm³/mol. The maximum Gasteiger partial charge on any atom is 0.283 e. The summed E-state index contributed by atoms with van der Waals surface area (Å²) in [5.41, 5.74) is 0. The van der Waals surface area contributed by atoms with Crippen LogP contribution < -0.4 is 5.32 Å². The summed E-state index contributed by atoms with van der Waals surface area (Å²) in [7, 11) is 0. The quantitative estimate of drug-likeness (QED) is 0.870. The average molecular weight is 341 g/mol. The third-order valence-corrected chi connectivity index (χ3v) is 3.80. The van der Waals surface area contributed by atoms with Gasteiger partial charge in [-0.2, -0.15) is 0 Å². The van der Waals surface area contributed by atoms with E-state index in [1.807, 2.05) is 6.07 Å². The zero-order valence-electron chi connectivity index (χ0n) is 11.3. The molecule has 20 heavy (non-hydrogen) atoms. The largest absolute Gasteiger partial charge is 0.444 e. The van der Waals surface area contributed by atoms with Crippen molar-refractivity contribution in [2.45, 2.75) is 25.9 Å². The van der Waals surface area contributed by atoms with Crippen LogP contribution in [0.5, 0.6) is 0 Å². The average Bonchev–Trinajstić information content (AvgIpc) is 2.96. The molecule has 0 aromatic carbocycles. The number of aromatic nitrogens is 2. The first kappa shape index (κ1) is 13.8. The second-order valence-corrected chi connectivity index (χ2v) is 5.67. The Kier molecular flexibility index (Phi) is 4.18. The van der Waals surface area contributed by atoms with E-state index in [2.05, 4.69) is 43.3 Å². The Morgan fingerprint density at radius 1 is 1.35 bits per heavy atom. The molecular weight excluding hydrogens is 324 g/mol. The second-order valence-electron chi connectivity index (χ2n) is 4.89. The van der Waals surface area contributed by atoms with Gasteiger partial charge in [0.15, 0.2) is 10.4 Å². The zero-order valence-corrected chi connectivity index (χ0v) is 12.9. The summed E-state index contributed by atoms with van der Waals surface area (Å²) in [4.78, 5) is 2.38. The first-order valence-corrected chi connectivity index (χ1v) is 7.58. The van der Waals surface area contributed by atoms with Gasteiger partial charge >= 0.3 is 0 Å². The molecule has 7 heteroatoms. The standard InChI is InChI=1S/C13H17BrN4O2/c1-2-5-18(9-6-15-7-9)8-12-16-17-13(20-12)10-3-4-11(14)19-10/h3-4,9,15H,2,5-8H2,1H3. The molecule has 0 radical (unpaired) electrons. The molecule has 0 bridgehead atoms. The van der Waals surface area contributed by atoms with E-state index in [0.717, 1.165) is 26.1 Å². The van der Waals surface area contributed by atoms with Crippen LogP contribution in [-0.2, 0) is 6.54 Å². The molecule has 0 unspecified atom stereocenters. The predicted octanol–water partition coefficient (Wildman–Crippen LogP) is 2.28. The molecule has 2 aromatic rings. The second kappa shape index (κ2) is 6.07. The Morgan fingerprint density at radius 3 is 2.80 bits per heavy atom. The Morgan fingerprint density at radius 2 is 2.20 bits per heavy atom. The van der Waals surface area contributed by atoms with Crippen LogP contribution in [-0.4, -0.2) is 40.8 Å². The summed E-state index contributed by atoms with van der Waals surface area (Å²) >= 11 is 3.26. The lowest BCUT2D eigenvalue weighted by Crippen LogP contribution is -2.57. The van der Waals surface area contributed by atoms with E-state index in [9.17, 15) is 0 Å². The highest BCUT2D eigenvalue weighted by molar-refractivity contribution is 9.10. The molecule has 1 saturated heterocycles. The molecule has 1 fully saturated rings. The number of halogens is 1. The number of hydrogen-bond acceptors (Lipinski definition) is 6. The number of hydrogen-bond donors (Lipinski definition) is 1. The van der Waals surface area contributed by atoms with Crippen molar-refractivity contribution in [1.29, 1.82) is 0 Å². The normalized spacial score (nSPS) is 15.8. The van der Waals surface area contributed by atoms with Crippen LogP contribution in [0.2, 0.25) is 0 Å². The van der Waals surface area contributed by atoms with Crippen LogP contribution in [0.3, 0.4) is 0 Å². The Balaban J connectivity index is 1.69. The van der Waals surface area contributed by atoms with Crippen molar-refractivity contribution in [3.63, 3.8) is 0 Å². The highest BCUT2D eigenvalue weighted by Gasteiger charge is 2.25. The molecular formula is C13H17BrN4O2. The lowest BCUT2D eigenvalue weighted by Gasteiger charge is -2.37. The first-order valence-electron chi connectivity index (χ1n) is 6.79. The fourth-order valence-corrected chi connectivity index (χ4v) is 2.54. The Bertz CT molecular complexity index is 564. The number of nitrogens with one attached hydrogen (secondary N) is 1. The summed E-state index contributed by atoms with van der Waals surface area (Å²) in [6, 6.07) is 4.19. The highest BCUT2D eigenvalue weighted by Crippen LogP contribution is 2.24. The van der Waals surface area contributed by atoms with Crippen LogP contribution in [0.1, 0.15) is 19.2 Å². The molecule has 0 atom stereocenters. The fourth-order valence-electron chi connectivity index (χ4n) is 2.23. The van der Waals surface area contributed by atoms with Gasteiger partial charge in [0.2, 0.25) is 5.89 Å². The van der Waals surface area contributed by atoms with Gasteiger partial charge in [-0.3, -0.25) is 4.90 Å². The van der Waals surface area contributed by atoms with Crippen LogP contribution in [0.4, 0.5) is 0 Å². The molecule has 0 aliphatic carbocycles. The highest BCUT2D eigenvalue weighted by atomic mass is 79.9. The van der Waals surface area contributed by atoms with Gasteiger partial charge in [0.05, 0.1) is 6.54 Å². The minimum Gasteiger partial charge on any atom is -0.444 e. The van der Waals surface area contributed by atoms with Crippen molar-refractivity contribution >= 4 is 15.9 Å². The lowest BCUT2D eigenvalue weighted by molar-refractivity contribution is 0.126. The van der Waals surface area contributed by atoms with Crippen molar-refractivity contribution in [2.75, 3.05) is 19.6 Å². The molecule has 0 spiro atoms. The molecule has 3 heterocycles. The van der Waals surface area contributed by atoms with Crippen molar-refractivity contribution < 1.29 is 8.83 Å². The van der Waals surface area contributed by atoms with Gasteiger partial charge in [-0.25, -0.2) is 0 Å². The van der Waals surface area contributed by atoms with E-state index in [4.69, 9.17) is 8.83 Å². The van der Waals surface area contributed by atoms with Gasteiger partial charge in [0.25, 0.3) is 5.89 Å². The van der Waals surface area contributed by atoms with Gasteiger partial charge in [-0.05, 0) is 41.0 Å². The molecule has 1 aliphatic rings. The molecule has 108 valence electrons. The van der Waals surface area contributed by atoms with Crippen LogP contribution >= 0.6 is 15.9 Å². The molecule has 0 saturated carbocycles. The Hall–Kier alpha value is -1.18. The van der Waals surface area contributed by atoms with E-state index in [1.165, 1.54) is 0 Å². The fraction of sp³-hybridized carbons (Fsp3) is 0.538. The van der Waals surface area contributed by atoms with Crippen molar-refractivity contribution in [1.82, 2.24) is 20.4 Å². The number of furan rings is 1. The maximum atomic E-state index is 5.68. The summed E-state index contributed by atoms with van der Waals surface area (Å²) in [6.07, 6.45) is 1.11. The van der Waals surface area contributed by atoms with E-state index >= 15 is 0 Å². The lowest BCUT2D eigenvalue weighted by atomic mass is 10.1.